The zero-order valence-electron chi connectivity index (χ0n) is 22.7. The first-order valence-corrected chi connectivity index (χ1v) is 16.0. The van der Waals surface area contributed by atoms with Gasteiger partial charge in [0.2, 0.25) is 8.07 Å². The van der Waals surface area contributed by atoms with Crippen molar-refractivity contribution < 1.29 is 0 Å². The Bertz CT molecular complexity index is 1860. The summed E-state index contributed by atoms with van der Waals surface area (Å²) in [5.74, 6) is 3.86. The second kappa shape index (κ2) is 10.8. The Hall–Kier alpha value is -5.16. The lowest BCUT2D eigenvalue weighted by Gasteiger charge is -2.28. The van der Waals surface area contributed by atoms with Crippen molar-refractivity contribution in [2.24, 2.45) is 0 Å². The van der Waals surface area contributed by atoms with Gasteiger partial charge in [-0.25, -0.2) is 0 Å². The van der Waals surface area contributed by atoms with Crippen LogP contribution in [0.25, 0.3) is 32.7 Å². The van der Waals surface area contributed by atoms with E-state index in [2.05, 4.69) is 181 Å². The quantitative estimate of drug-likeness (QED) is 0.0935. The molecular weight excluding hydrogens is 509 g/mol. The van der Waals surface area contributed by atoms with E-state index in [1.54, 1.807) is 0 Å². The summed E-state index contributed by atoms with van der Waals surface area (Å²) in [4.78, 5) is 0. The van der Waals surface area contributed by atoms with Gasteiger partial charge in [-0.1, -0.05) is 176 Å². The first kappa shape index (κ1) is 24.8. The molecule has 0 amide bonds. The Morgan fingerprint density at radius 3 is 1.10 bits per heavy atom. The first-order valence-electron chi connectivity index (χ1n) is 14.0. The second-order valence-electron chi connectivity index (χ2n) is 10.3. The van der Waals surface area contributed by atoms with Crippen LogP contribution in [0.3, 0.4) is 0 Å². The average Bonchev–Trinajstić information content (AvgIpc) is 3.06. The molecule has 0 aliphatic heterocycles. The fraction of sp³-hybridized carbons (Fsp3) is 0. The SMILES string of the molecule is C(#C[Si](c1ccccc1)(c1ccccc1)c1ccccc1)c1c2ccccc2c(-c2ccccc2)c2ccccc12. The van der Waals surface area contributed by atoms with E-state index in [1.807, 2.05) is 0 Å². The number of benzene rings is 7. The summed E-state index contributed by atoms with van der Waals surface area (Å²) < 4.78 is 0. The summed E-state index contributed by atoms with van der Waals surface area (Å²) >= 11 is 0. The van der Waals surface area contributed by atoms with Crippen molar-refractivity contribution in [3.8, 4) is 22.6 Å². The fourth-order valence-electron chi connectivity index (χ4n) is 6.12. The van der Waals surface area contributed by atoms with Crippen molar-refractivity contribution in [1.29, 1.82) is 0 Å². The molecular formula is C40H28Si. The summed E-state index contributed by atoms with van der Waals surface area (Å²) in [7, 11) is -2.72. The largest absolute Gasteiger partial charge is 0.230 e. The lowest BCUT2D eigenvalue weighted by molar-refractivity contribution is 1.66. The Morgan fingerprint density at radius 1 is 0.341 bits per heavy atom. The summed E-state index contributed by atoms with van der Waals surface area (Å²) in [6.45, 7) is 0. The van der Waals surface area contributed by atoms with Crippen LogP contribution in [0.4, 0.5) is 0 Å². The summed E-state index contributed by atoms with van der Waals surface area (Å²) in [5, 5.41) is 8.71. The minimum absolute atomic E-state index is 1.09. The predicted molar refractivity (Wildman–Crippen MR) is 178 cm³/mol. The van der Waals surface area contributed by atoms with Crippen LogP contribution in [0.5, 0.6) is 0 Å². The number of rotatable bonds is 4. The highest BCUT2D eigenvalue weighted by molar-refractivity contribution is 7.16. The van der Waals surface area contributed by atoms with Crippen LogP contribution in [0.1, 0.15) is 5.56 Å². The van der Waals surface area contributed by atoms with Crippen molar-refractivity contribution in [2.45, 2.75) is 0 Å². The minimum atomic E-state index is -2.72. The van der Waals surface area contributed by atoms with E-state index in [1.165, 1.54) is 48.2 Å². The standard InChI is InChI=1S/C40H28Si/c1-5-17-31(18-6-1)40-38-27-15-13-25-35(38)37(36-26-14-16-28-39(36)40)29-30-41(32-19-7-2-8-20-32,33-21-9-3-10-22-33)34-23-11-4-12-24-34/h1-28H. The molecule has 0 bridgehead atoms. The maximum atomic E-state index is 4.03. The van der Waals surface area contributed by atoms with Gasteiger partial charge >= 0.3 is 0 Å². The van der Waals surface area contributed by atoms with Crippen LogP contribution in [0.2, 0.25) is 0 Å². The molecule has 0 nitrogen and oxygen atoms in total. The first-order chi connectivity index (χ1) is 20.4. The normalized spacial score (nSPS) is 11.2. The summed E-state index contributed by atoms with van der Waals surface area (Å²) in [6, 6.07) is 60.9. The Kier molecular flexibility index (Phi) is 6.53. The third-order valence-corrected chi connectivity index (χ3v) is 12.1. The third-order valence-electron chi connectivity index (χ3n) is 7.99. The van der Waals surface area contributed by atoms with Gasteiger partial charge in [0, 0.05) is 5.56 Å². The van der Waals surface area contributed by atoms with E-state index in [0.29, 0.717) is 0 Å². The molecule has 0 unspecified atom stereocenters. The van der Waals surface area contributed by atoms with Gasteiger partial charge in [0.25, 0.3) is 0 Å². The average molecular weight is 537 g/mol. The molecule has 0 saturated heterocycles. The topological polar surface area (TPSA) is 0 Å². The van der Waals surface area contributed by atoms with Crippen LogP contribution in [0.15, 0.2) is 170 Å². The molecule has 192 valence electrons. The Morgan fingerprint density at radius 2 is 0.683 bits per heavy atom. The van der Waals surface area contributed by atoms with Gasteiger partial charge in [-0.2, -0.15) is 0 Å². The molecule has 0 aliphatic carbocycles. The van der Waals surface area contributed by atoms with Crippen LogP contribution < -0.4 is 15.6 Å². The minimum Gasteiger partial charge on any atom is -0.109 e. The maximum Gasteiger partial charge on any atom is 0.230 e. The molecule has 0 aliphatic rings. The smallest absolute Gasteiger partial charge is 0.109 e. The summed E-state index contributed by atoms with van der Waals surface area (Å²) in [5.41, 5.74) is 7.61. The molecule has 41 heavy (non-hydrogen) atoms. The Labute approximate surface area is 242 Å². The maximum absolute atomic E-state index is 4.03. The molecule has 7 aromatic carbocycles. The van der Waals surface area contributed by atoms with Gasteiger partial charge in [-0.3, -0.25) is 0 Å². The van der Waals surface area contributed by atoms with Crippen molar-refractivity contribution >= 4 is 45.2 Å². The predicted octanol–water partition coefficient (Wildman–Crippen LogP) is 7.72. The Balaban J connectivity index is 1.59. The van der Waals surface area contributed by atoms with Crippen LogP contribution >= 0.6 is 0 Å². The van der Waals surface area contributed by atoms with Gasteiger partial charge in [0.15, 0.2) is 0 Å². The van der Waals surface area contributed by atoms with E-state index >= 15 is 0 Å². The van der Waals surface area contributed by atoms with Crippen molar-refractivity contribution in [2.75, 3.05) is 0 Å². The van der Waals surface area contributed by atoms with Crippen LogP contribution in [-0.4, -0.2) is 8.07 Å². The summed E-state index contributed by atoms with van der Waals surface area (Å²) in [6.07, 6.45) is 0. The van der Waals surface area contributed by atoms with Gasteiger partial charge in [0.05, 0.1) is 0 Å². The molecule has 7 aromatic rings. The second-order valence-corrected chi connectivity index (χ2v) is 13.8. The van der Waals surface area contributed by atoms with Crippen molar-refractivity contribution in [1.82, 2.24) is 0 Å². The number of hydrogen-bond donors (Lipinski definition) is 0. The molecule has 0 aromatic heterocycles. The van der Waals surface area contributed by atoms with Gasteiger partial charge in [-0.15, -0.1) is 5.54 Å². The van der Waals surface area contributed by atoms with E-state index in [-0.39, 0.29) is 0 Å². The lowest BCUT2D eigenvalue weighted by Crippen LogP contribution is -2.66. The molecule has 0 atom stereocenters. The van der Waals surface area contributed by atoms with Crippen LogP contribution in [0, 0.1) is 11.5 Å². The fourth-order valence-corrected chi connectivity index (χ4v) is 9.94. The lowest BCUT2D eigenvalue weighted by atomic mass is 9.89. The zero-order chi connectivity index (χ0) is 27.5. The molecule has 0 heterocycles. The monoisotopic (exact) mass is 536 g/mol. The van der Waals surface area contributed by atoms with Crippen molar-refractivity contribution in [3.05, 3.63) is 175 Å². The molecule has 1 heteroatoms. The molecule has 0 N–H and O–H groups in total. The van der Waals surface area contributed by atoms with E-state index in [9.17, 15) is 0 Å². The van der Waals surface area contributed by atoms with Gasteiger partial charge < -0.3 is 0 Å². The van der Waals surface area contributed by atoms with E-state index in [4.69, 9.17) is 0 Å². The third kappa shape index (κ3) is 4.36. The zero-order valence-corrected chi connectivity index (χ0v) is 23.7. The highest BCUT2D eigenvalue weighted by Crippen LogP contribution is 2.38. The molecule has 0 fully saturated rings. The van der Waals surface area contributed by atoms with Gasteiger partial charge in [0.1, 0.15) is 0 Å². The highest BCUT2D eigenvalue weighted by Gasteiger charge is 2.38. The highest BCUT2D eigenvalue weighted by atomic mass is 28.3. The number of fused-ring (bicyclic) bond motifs is 2. The number of hydrogen-bond acceptors (Lipinski definition) is 0. The molecule has 7 rings (SSSR count). The van der Waals surface area contributed by atoms with E-state index in [0.717, 1.165) is 5.56 Å². The molecule has 0 radical (unpaired) electrons. The molecule has 0 spiro atoms. The van der Waals surface area contributed by atoms with Crippen molar-refractivity contribution in [3.63, 3.8) is 0 Å². The molecule has 0 saturated carbocycles. The van der Waals surface area contributed by atoms with E-state index < -0.39 is 8.07 Å². The van der Waals surface area contributed by atoms with Crippen LogP contribution in [-0.2, 0) is 0 Å². The van der Waals surface area contributed by atoms with Gasteiger partial charge in [-0.05, 0) is 48.2 Å².